The van der Waals surface area contributed by atoms with Crippen molar-refractivity contribution in [3.05, 3.63) is 33.2 Å². The lowest BCUT2D eigenvalue weighted by molar-refractivity contribution is -0.153. The molecule has 0 saturated carbocycles. The zero-order valence-electron chi connectivity index (χ0n) is 7.94. The van der Waals surface area contributed by atoms with Gasteiger partial charge in [-0.25, -0.2) is 9.18 Å². The van der Waals surface area contributed by atoms with E-state index in [1.807, 2.05) is 0 Å². The summed E-state index contributed by atoms with van der Waals surface area (Å²) in [5.41, 5.74) is -0.598. The number of ether oxygens (including phenoxy) is 1. The van der Waals surface area contributed by atoms with Gasteiger partial charge in [0.2, 0.25) is 0 Å². The van der Waals surface area contributed by atoms with Crippen molar-refractivity contribution in [2.75, 3.05) is 6.61 Å². The summed E-state index contributed by atoms with van der Waals surface area (Å²) in [4.78, 5) is 22.3. The van der Waals surface area contributed by atoms with Gasteiger partial charge < -0.3 is 4.74 Å². The van der Waals surface area contributed by atoms with Gasteiger partial charge in [-0.1, -0.05) is 0 Å². The molecule has 0 aliphatic carbocycles. The molecule has 0 saturated heterocycles. The highest BCUT2D eigenvalue weighted by atomic mass is 79.9. The van der Waals surface area contributed by atoms with Crippen LogP contribution in [0.4, 0.5) is 4.39 Å². The van der Waals surface area contributed by atoms with Crippen LogP contribution < -0.4 is 5.56 Å². The van der Waals surface area contributed by atoms with Crippen LogP contribution in [-0.4, -0.2) is 17.1 Å². The number of carbonyl (C=O) groups excluding carboxylic acids is 1. The fraction of sp³-hybridized carbons (Fsp3) is 0.333. The molecule has 82 valence electrons. The minimum Gasteiger partial charge on any atom is -0.462 e. The van der Waals surface area contributed by atoms with E-state index in [2.05, 4.69) is 20.7 Å². The van der Waals surface area contributed by atoms with Crippen LogP contribution in [0.2, 0.25) is 0 Å². The Morgan fingerprint density at radius 2 is 2.33 bits per heavy atom. The van der Waals surface area contributed by atoms with Gasteiger partial charge in [0.05, 0.1) is 6.61 Å². The van der Waals surface area contributed by atoms with E-state index in [4.69, 9.17) is 0 Å². The second-order valence-corrected chi connectivity index (χ2v) is 3.60. The van der Waals surface area contributed by atoms with Crippen LogP contribution in [0.25, 0.3) is 0 Å². The van der Waals surface area contributed by atoms with Gasteiger partial charge in [-0.15, -0.1) is 0 Å². The van der Waals surface area contributed by atoms with Crippen molar-refractivity contribution >= 4 is 21.9 Å². The van der Waals surface area contributed by atoms with Gasteiger partial charge in [0.1, 0.15) is 0 Å². The highest BCUT2D eigenvalue weighted by Gasteiger charge is 2.21. The van der Waals surface area contributed by atoms with Crippen LogP contribution in [0.3, 0.4) is 0 Å². The fourth-order valence-electron chi connectivity index (χ4n) is 0.978. The fourth-order valence-corrected chi connectivity index (χ4v) is 1.33. The maximum Gasteiger partial charge on any atom is 0.362 e. The molecule has 0 amide bonds. The van der Waals surface area contributed by atoms with Crippen molar-refractivity contribution < 1.29 is 13.9 Å². The SMILES string of the molecule is CCOC(=O)C(F)n1cc(Br)ccc1=O. The molecule has 1 rings (SSSR count). The predicted molar refractivity (Wildman–Crippen MR) is 55.2 cm³/mol. The number of aromatic nitrogens is 1. The topological polar surface area (TPSA) is 48.3 Å². The molecular weight excluding hydrogens is 269 g/mol. The predicted octanol–water partition coefficient (Wildman–Crippen LogP) is 1.64. The summed E-state index contributed by atoms with van der Waals surface area (Å²) >= 11 is 3.07. The van der Waals surface area contributed by atoms with Crippen LogP contribution in [0, 0.1) is 0 Å². The average Bonchev–Trinajstić information content (AvgIpc) is 2.21. The number of halogens is 2. The maximum atomic E-state index is 13.4. The number of nitrogens with zero attached hydrogens (tertiary/aromatic N) is 1. The smallest absolute Gasteiger partial charge is 0.362 e. The third-order valence-corrected chi connectivity index (χ3v) is 2.10. The molecule has 15 heavy (non-hydrogen) atoms. The average molecular weight is 278 g/mol. The van der Waals surface area contributed by atoms with Crippen molar-refractivity contribution in [1.82, 2.24) is 4.57 Å². The number of rotatable bonds is 3. The van der Waals surface area contributed by atoms with Crippen LogP contribution in [-0.2, 0) is 9.53 Å². The summed E-state index contributed by atoms with van der Waals surface area (Å²) in [5.74, 6) is -1.07. The van der Waals surface area contributed by atoms with Crippen LogP contribution in [0.15, 0.2) is 27.6 Å². The molecule has 1 atom stereocenters. The quantitative estimate of drug-likeness (QED) is 0.790. The number of hydrogen-bond donors (Lipinski definition) is 0. The monoisotopic (exact) mass is 277 g/mol. The molecule has 0 aliphatic heterocycles. The number of hydrogen-bond acceptors (Lipinski definition) is 3. The van der Waals surface area contributed by atoms with Gasteiger partial charge in [-0.3, -0.25) is 9.36 Å². The zero-order chi connectivity index (χ0) is 11.4. The van der Waals surface area contributed by atoms with E-state index >= 15 is 0 Å². The van der Waals surface area contributed by atoms with Gasteiger partial charge in [-0.2, -0.15) is 0 Å². The van der Waals surface area contributed by atoms with Crippen LogP contribution in [0.1, 0.15) is 13.2 Å². The number of esters is 1. The molecule has 6 heteroatoms. The van der Waals surface area contributed by atoms with E-state index in [9.17, 15) is 14.0 Å². The first-order chi connectivity index (χ1) is 7.06. The van der Waals surface area contributed by atoms with E-state index in [0.29, 0.717) is 9.04 Å². The summed E-state index contributed by atoms with van der Waals surface area (Å²) in [6, 6.07) is 2.63. The molecule has 0 N–H and O–H groups in total. The third-order valence-electron chi connectivity index (χ3n) is 1.63. The van der Waals surface area contributed by atoms with E-state index in [0.717, 1.165) is 6.07 Å². The van der Waals surface area contributed by atoms with Crippen molar-refractivity contribution in [2.24, 2.45) is 0 Å². The molecule has 0 aromatic carbocycles. The lowest BCUT2D eigenvalue weighted by atomic mass is 10.4. The minimum atomic E-state index is -2.10. The summed E-state index contributed by atoms with van der Waals surface area (Å²) in [5, 5.41) is 0. The molecule has 4 nitrogen and oxygen atoms in total. The van der Waals surface area contributed by atoms with Gasteiger partial charge in [0, 0.05) is 16.7 Å². The van der Waals surface area contributed by atoms with Crippen LogP contribution >= 0.6 is 15.9 Å². The Morgan fingerprint density at radius 3 is 2.93 bits per heavy atom. The Morgan fingerprint density at radius 1 is 1.67 bits per heavy atom. The Bertz CT molecular complexity index is 418. The van der Waals surface area contributed by atoms with Gasteiger partial charge >= 0.3 is 5.97 Å². The summed E-state index contributed by atoms with van der Waals surface area (Å²) in [6.07, 6.45) is -0.904. The maximum absolute atomic E-state index is 13.4. The first-order valence-electron chi connectivity index (χ1n) is 4.24. The van der Waals surface area contributed by atoms with Gasteiger partial charge in [-0.05, 0) is 28.9 Å². The standard InChI is InChI=1S/C9H9BrFNO3/c1-2-15-9(14)8(11)12-5-6(10)3-4-7(12)13/h3-5,8H,2H2,1H3. The molecule has 0 fully saturated rings. The molecule has 1 unspecified atom stereocenters. The molecule has 0 radical (unpaired) electrons. The van der Waals surface area contributed by atoms with Gasteiger partial charge in [0.25, 0.3) is 11.9 Å². The van der Waals surface area contributed by atoms with Gasteiger partial charge in [0.15, 0.2) is 0 Å². The van der Waals surface area contributed by atoms with E-state index in [1.54, 1.807) is 6.92 Å². The Hall–Kier alpha value is -1.17. The number of pyridine rings is 1. The van der Waals surface area contributed by atoms with Crippen molar-refractivity contribution in [2.45, 2.75) is 13.2 Å². The summed E-state index contributed by atoms with van der Waals surface area (Å²) < 4.78 is 19.1. The lowest BCUT2D eigenvalue weighted by Gasteiger charge is -2.10. The van der Waals surface area contributed by atoms with E-state index in [1.165, 1.54) is 12.3 Å². The van der Waals surface area contributed by atoms with E-state index < -0.39 is 17.8 Å². The summed E-state index contributed by atoms with van der Waals surface area (Å²) in [6.45, 7) is 1.64. The largest absolute Gasteiger partial charge is 0.462 e. The zero-order valence-corrected chi connectivity index (χ0v) is 9.53. The molecule has 1 aromatic rings. The highest BCUT2D eigenvalue weighted by Crippen LogP contribution is 2.12. The second-order valence-electron chi connectivity index (χ2n) is 2.68. The molecule has 0 bridgehead atoms. The molecule has 1 heterocycles. The molecular formula is C9H9BrFNO3. The van der Waals surface area contributed by atoms with Crippen LogP contribution in [0.5, 0.6) is 0 Å². The molecule has 0 spiro atoms. The Kier molecular flexibility index (Phi) is 4.02. The first kappa shape index (κ1) is 11.9. The number of alkyl halides is 1. The highest BCUT2D eigenvalue weighted by molar-refractivity contribution is 9.10. The first-order valence-corrected chi connectivity index (χ1v) is 5.04. The molecule has 1 aromatic heterocycles. The number of carbonyl (C=O) groups is 1. The third kappa shape index (κ3) is 2.89. The second kappa shape index (κ2) is 5.06. The lowest BCUT2D eigenvalue weighted by Crippen LogP contribution is -2.27. The Balaban J connectivity index is 3.00. The van der Waals surface area contributed by atoms with Crippen molar-refractivity contribution in [3.63, 3.8) is 0 Å². The normalized spacial score (nSPS) is 12.2. The Labute approximate surface area is 93.8 Å². The van der Waals surface area contributed by atoms with E-state index in [-0.39, 0.29) is 6.61 Å². The van der Waals surface area contributed by atoms with Crippen molar-refractivity contribution in [1.29, 1.82) is 0 Å². The summed E-state index contributed by atoms with van der Waals surface area (Å²) in [7, 11) is 0. The van der Waals surface area contributed by atoms with Crippen molar-refractivity contribution in [3.8, 4) is 0 Å². The minimum absolute atomic E-state index is 0.0714. The molecule has 0 aliphatic rings.